The zero-order valence-electron chi connectivity index (χ0n) is 15.4. The summed E-state index contributed by atoms with van der Waals surface area (Å²) in [6.45, 7) is 2.25. The van der Waals surface area contributed by atoms with Gasteiger partial charge >= 0.3 is 0 Å². The highest BCUT2D eigenvalue weighted by Crippen LogP contribution is 2.23. The SMILES string of the molecule is CCc1cc(=O)n2nc(NCC(O)c3ccc(-c4ccccc4)cc3)sc2n1. The first-order valence-corrected chi connectivity index (χ1v) is 9.93. The molecule has 2 N–H and O–H groups in total. The summed E-state index contributed by atoms with van der Waals surface area (Å²) in [5.74, 6) is 0. The van der Waals surface area contributed by atoms with Gasteiger partial charge in [0.15, 0.2) is 0 Å². The monoisotopic (exact) mass is 392 g/mol. The average Bonchev–Trinajstić information content (AvgIpc) is 3.16. The van der Waals surface area contributed by atoms with E-state index >= 15 is 0 Å². The Bertz CT molecular complexity index is 1140. The summed E-state index contributed by atoms with van der Waals surface area (Å²) in [6.07, 6.45) is 0.0112. The summed E-state index contributed by atoms with van der Waals surface area (Å²) in [5.41, 5.74) is 3.62. The van der Waals surface area contributed by atoms with Gasteiger partial charge in [0.2, 0.25) is 10.1 Å². The minimum absolute atomic E-state index is 0.191. The van der Waals surface area contributed by atoms with Crippen LogP contribution in [0.3, 0.4) is 0 Å². The van der Waals surface area contributed by atoms with E-state index < -0.39 is 6.10 Å². The fourth-order valence-electron chi connectivity index (χ4n) is 2.94. The Balaban J connectivity index is 1.45. The van der Waals surface area contributed by atoms with E-state index in [0.29, 0.717) is 23.1 Å². The minimum Gasteiger partial charge on any atom is -0.387 e. The van der Waals surface area contributed by atoms with Crippen molar-refractivity contribution in [1.82, 2.24) is 14.6 Å². The molecule has 1 atom stereocenters. The van der Waals surface area contributed by atoms with Crippen molar-refractivity contribution in [2.45, 2.75) is 19.4 Å². The first-order chi connectivity index (χ1) is 13.6. The molecule has 0 aliphatic carbocycles. The third kappa shape index (κ3) is 3.81. The largest absolute Gasteiger partial charge is 0.387 e. The Morgan fingerprint density at radius 3 is 2.54 bits per heavy atom. The van der Waals surface area contributed by atoms with Gasteiger partial charge in [0, 0.05) is 18.3 Å². The van der Waals surface area contributed by atoms with E-state index in [4.69, 9.17) is 0 Å². The Labute approximate surface area is 166 Å². The first-order valence-electron chi connectivity index (χ1n) is 9.11. The predicted molar refractivity (Wildman–Crippen MR) is 112 cm³/mol. The molecule has 0 aliphatic heterocycles. The van der Waals surface area contributed by atoms with Crippen molar-refractivity contribution in [3.63, 3.8) is 0 Å². The van der Waals surface area contributed by atoms with Gasteiger partial charge in [-0.05, 0) is 23.1 Å². The number of anilines is 1. The lowest BCUT2D eigenvalue weighted by molar-refractivity contribution is 0.191. The lowest BCUT2D eigenvalue weighted by Crippen LogP contribution is -2.16. The topological polar surface area (TPSA) is 79.5 Å². The molecule has 7 heteroatoms. The number of benzene rings is 2. The van der Waals surface area contributed by atoms with E-state index in [1.807, 2.05) is 49.4 Å². The molecule has 2 heterocycles. The third-order valence-electron chi connectivity index (χ3n) is 4.51. The molecule has 0 bridgehead atoms. The van der Waals surface area contributed by atoms with Crippen molar-refractivity contribution < 1.29 is 5.11 Å². The number of aromatic nitrogens is 3. The van der Waals surface area contributed by atoms with Gasteiger partial charge in [-0.25, -0.2) is 4.98 Å². The number of hydrogen-bond acceptors (Lipinski definition) is 6. The van der Waals surface area contributed by atoms with E-state index in [1.54, 1.807) is 0 Å². The molecule has 0 radical (unpaired) electrons. The van der Waals surface area contributed by atoms with Crippen LogP contribution in [0.2, 0.25) is 0 Å². The van der Waals surface area contributed by atoms with E-state index in [-0.39, 0.29) is 5.56 Å². The van der Waals surface area contributed by atoms with E-state index in [0.717, 1.165) is 22.4 Å². The molecule has 142 valence electrons. The van der Waals surface area contributed by atoms with Crippen LogP contribution in [0.15, 0.2) is 65.5 Å². The standard InChI is InChI=1S/C21H20N4O2S/c1-2-17-12-19(27)25-21(23-17)28-20(24-25)22-13-18(26)16-10-8-15(9-11-16)14-6-4-3-5-7-14/h3-12,18,26H,2,13H2,1H3,(H,22,24). The Hall–Kier alpha value is -3.03. The molecule has 0 aliphatic rings. The van der Waals surface area contributed by atoms with Crippen LogP contribution in [0.5, 0.6) is 0 Å². The maximum atomic E-state index is 12.1. The van der Waals surface area contributed by atoms with Gasteiger partial charge in [-0.2, -0.15) is 4.52 Å². The van der Waals surface area contributed by atoms with Crippen LogP contribution in [0, 0.1) is 0 Å². The second-order valence-corrected chi connectivity index (χ2v) is 7.38. The highest BCUT2D eigenvalue weighted by atomic mass is 32.1. The number of aryl methyl sites for hydroxylation is 1. The van der Waals surface area contributed by atoms with Crippen molar-refractivity contribution in [1.29, 1.82) is 0 Å². The summed E-state index contributed by atoms with van der Waals surface area (Å²) >= 11 is 1.30. The second-order valence-electron chi connectivity index (χ2n) is 6.43. The zero-order valence-corrected chi connectivity index (χ0v) is 16.2. The van der Waals surface area contributed by atoms with Crippen LogP contribution in [0.4, 0.5) is 5.13 Å². The number of fused-ring (bicyclic) bond motifs is 1. The fourth-order valence-corrected chi connectivity index (χ4v) is 3.77. The average molecular weight is 392 g/mol. The molecular formula is C21H20N4O2S. The molecule has 1 unspecified atom stereocenters. The fraction of sp³-hybridized carbons (Fsp3) is 0.190. The van der Waals surface area contributed by atoms with Gasteiger partial charge in [-0.3, -0.25) is 4.79 Å². The smallest absolute Gasteiger partial charge is 0.275 e. The van der Waals surface area contributed by atoms with Gasteiger partial charge in [0.25, 0.3) is 5.56 Å². The van der Waals surface area contributed by atoms with Crippen molar-refractivity contribution in [2.24, 2.45) is 0 Å². The van der Waals surface area contributed by atoms with Crippen LogP contribution >= 0.6 is 11.3 Å². The van der Waals surface area contributed by atoms with Gasteiger partial charge in [0.1, 0.15) is 0 Å². The van der Waals surface area contributed by atoms with Gasteiger partial charge in [-0.15, -0.1) is 5.10 Å². The van der Waals surface area contributed by atoms with Gasteiger partial charge in [0.05, 0.1) is 6.10 Å². The summed E-state index contributed by atoms with van der Waals surface area (Å²) in [4.78, 5) is 17.0. The van der Waals surface area contributed by atoms with Crippen LogP contribution in [0.25, 0.3) is 16.1 Å². The highest BCUT2D eigenvalue weighted by molar-refractivity contribution is 7.20. The zero-order chi connectivity index (χ0) is 19.5. The molecule has 0 saturated carbocycles. The Morgan fingerprint density at radius 2 is 1.82 bits per heavy atom. The first kappa shape index (κ1) is 18.3. The summed E-state index contributed by atoms with van der Waals surface area (Å²) in [6, 6.07) is 19.5. The Morgan fingerprint density at radius 1 is 1.11 bits per heavy atom. The third-order valence-corrected chi connectivity index (χ3v) is 5.38. The van der Waals surface area contributed by atoms with Crippen molar-refractivity contribution >= 4 is 21.4 Å². The molecule has 6 nitrogen and oxygen atoms in total. The van der Waals surface area contributed by atoms with Crippen molar-refractivity contribution in [2.75, 3.05) is 11.9 Å². The maximum Gasteiger partial charge on any atom is 0.275 e. The lowest BCUT2D eigenvalue weighted by atomic mass is 10.0. The summed E-state index contributed by atoms with van der Waals surface area (Å²) in [5, 5.41) is 18.4. The molecule has 4 aromatic rings. The molecule has 4 rings (SSSR count). The van der Waals surface area contributed by atoms with E-state index in [9.17, 15) is 9.90 Å². The number of rotatable bonds is 6. The second kappa shape index (κ2) is 7.92. The highest BCUT2D eigenvalue weighted by Gasteiger charge is 2.12. The summed E-state index contributed by atoms with van der Waals surface area (Å²) < 4.78 is 1.28. The van der Waals surface area contributed by atoms with Crippen LogP contribution < -0.4 is 10.9 Å². The number of aliphatic hydroxyl groups excluding tert-OH is 1. The van der Waals surface area contributed by atoms with Crippen LogP contribution in [-0.2, 0) is 6.42 Å². The van der Waals surface area contributed by atoms with E-state index in [2.05, 4.69) is 27.5 Å². The number of hydrogen-bond donors (Lipinski definition) is 2. The number of nitrogens with zero attached hydrogens (tertiary/aromatic N) is 3. The molecule has 2 aromatic heterocycles. The number of nitrogens with one attached hydrogen (secondary N) is 1. The Kier molecular flexibility index (Phi) is 5.18. The molecular weight excluding hydrogens is 372 g/mol. The molecule has 0 saturated heterocycles. The predicted octanol–water partition coefficient (Wildman–Crippen LogP) is 3.53. The number of aliphatic hydroxyl groups is 1. The maximum absolute atomic E-state index is 12.1. The molecule has 28 heavy (non-hydrogen) atoms. The summed E-state index contributed by atoms with van der Waals surface area (Å²) in [7, 11) is 0. The van der Waals surface area contributed by atoms with Gasteiger partial charge in [-0.1, -0.05) is 72.9 Å². The lowest BCUT2D eigenvalue weighted by Gasteiger charge is -2.12. The normalized spacial score (nSPS) is 12.2. The van der Waals surface area contributed by atoms with Crippen molar-refractivity contribution in [3.8, 4) is 11.1 Å². The molecule has 0 spiro atoms. The quantitative estimate of drug-likeness (QED) is 0.525. The van der Waals surface area contributed by atoms with Crippen LogP contribution in [0.1, 0.15) is 24.3 Å². The molecule has 2 aromatic carbocycles. The van der Waals surface area contributed by atoms with Crippen molar-refractivity contribution in [3.05, 3.63) is 82.3 Å². The van der Waals surface area contributed by atoms with Gasteiger partial charge < -0.3 is 10.4 Å². The molecule has 0 fully saturated rings. The van der Waals surface area contributed by atoms with E-state index in [1.165, 1.54) is 21.9 Å². The minimum atomic E-state index is -0.687. The molecule has 0 amide bonds. The van der Waals surface area contributed by atoms with Crippen LogP contribution in [-0.4, -0.2) is 26.2 Å².